The van der Waals surface area contributed by atoms with Crippen molar-refractivity contribution in [1.82, 2.24) is 4.31 Å². The first-order valence-electron chi connectivity index (χ1n) is 6.28. The molecule has 1 fully saturated rings. The average molecular weight is 312 g/mol. The van der Waals surface area contributed by atoms with Crippen molar-refractivity contribution in [3.63, 3.8) is 0 Å². The number of sulfonamides is 1. The maximum atomic E-state index is 12.6. The molecule has 0 radical (unpaired) electrons. The largest absolute Gasteiger partial charge is 0.495 e. The van der Waals surface area contributed by atoms with Crippen LogP contribution in [0.2, 0.25) is 0 Å². The van der Waals surface area contributed by atoms with Crippen LogP contribution in [-0.2, 0) is 10.0 Å². The van der Waals surface area contributed by atoms with Crippen LogP contribution in [0.25, 0.3) is 0 Å². The summed E-state index contributed by atoms with van der Waals surface area (Å²) in [5.74, 6) is 0.0773. The Bertz CT molecular complexity index is 682. The van der Waals surface area contributed by atoms with E-state index in [0.717, 1.165) is 4.31 Å². The molecule has 2 N–H and O–H groups in total. The van der Waals surface area contributed by atoms with Crippen LogP contribution in [0, 0.1) is 11.3 Å². The predicted octanol–water partition coefficient (Wildman–Crippen LogP) is -0.315. The molecule has 1 aromatic carbocycles. The van der Waals surface area contributed by atoms with Crippen molar-refractivity contribution in [1.29, 1.82) is 5.26 Å². The van der Waals surface area contributed by atoms with Gasteiger partial charge in [-0.05, 0) is 24.6 Å². The van der Waals surface area contributed by atoms with Gasteiger partial charge in [-0.25, -0.2) is 8.42 Å². The number of hydrogen-bond donors (Lipinski definition) is 2. The maximum absolute atomic E-state index is 12.6. The van der Waals surface area contributed by atoms with Crippen LogP contribution < -0.4 is 4.74 Å². The molecule has 2 rings (SSSR count). The lowest BCUT2D eigenvalue weighted by atomic mass is 10.1. The molecular formula is C13H16N2O5S. The van der Waals surface area contributed by atoms with E-state index in [-0.39, 0.29) is 30.2 Å². The van der Waals surface area contributed by atoms with Crippen LogP contribution in [0.1, 0.15) is 12.0 Å². The Morgan fingerprint density at radius 1 is 1.52 bits per heavy atom. The van der Waals surface area contributed by atoms with Crippen LogP contribution >= 0.6 is 0 Å². The zero-order chi connectivity index (χ0) is 15.7. The fourth-order valence-electron chi connectivity index (χ4n) is 2.24. The molecule has 0 bridgehead atoms. The third-order valence-corrected chi connectivity index (χ3v) is 5.39. The lowest BCUT2D eigenvalue weighted by molar-refractivity contribution is -0.000740. The predicted molar refractivity (Wildman–Crippen MR) is 73.1 cm³/mol. The van der Waals surface area contributed by atoms with Crippen molar-refractivity contribution in [2.75, 3.05) is 26.8 Å². The Morgan fingerprint density at radius 2 is 2.24 bits per heavy atom. The first-order chi connectivity index (χ1) is 9.86. The van der Waals surface area contributed by atoms with E-state index in [1.165, 1.54) is 25.3 Å². The van der Waals surface area contributed by atoms with Gasteiger partial charge >= 0.3 is 0 Å². The molecule has 1 aliphatic rings. The third kappa shape index (κ3) is 2.87. The fourth-order valence-corrected chi connectivity index (χ4v) is 3.90. The summed E-state index contributed by atoms with van der Waals surface area (Å²) in [4.78, 5) is -0.0637. The zero-order valence-corrected chi connectivity index (χ0v) is 12.3. The molecule has 1 aromatic rings. The number of aliphatic hydroxyl groups is 2. The van der Waals surface area contributed by atoms with Gasteiger partial charge in [0.1, 0.15) is 16.2 Å². The van der Waals surface area contributed by atoms with Gasteiger partial charge in [0.2, 0.25) is 10.0 Å². The molecule has 1 heterocycles. The summed E-state index contributed by atoms with van der Waals surface area (Å²) in [6.45, 7) is -0.555. The highest BCUT2D eigenvalue weighted by Crippen LogP contribution is 2.32. The van der Waals surface area contributed by atoms with Gasteiger partial charge in [0.15, 0.2) is 0 Å². The number of nitriles is 1. The van der Waals surface area contributed by atoms with Crippen LogP contribution in [0.5, 0.6) is 5.75 Å². The molecule has 1 aliphatic heterocycles. The second-order valence-corrected chi connectivity index (χ2v) is 6.85. The van der Waals surface area contributed by atoms with Crippen molar-refractivity contribution in [2.45, 2.75) is 16.9 Å². The van der Waals surface area contributed by atoms with Crippen LogP contribution in [0.4, 0.5) is 0 Å². The van der Waals surface area contributed by atoms with Gasteiger partial charge < -0.3 is 14.9 Å². The van der Waals surface area contributed by atoms with E-state index < -0.39 is 22.2 Å². The molecule has 1 atom stereocenters. The van der Waals surface area contributed by atoms with E-state index in [0.29, 0.717) is 5.56 Å². The highest BCUT2D eigenvalue weighted by molar-refractivity contribution is 7.89. The van der Waals surface area contributed by atoms with E-state index in [9.17, 15) is 13.5 Å². The summed E-state index contributed by atoms with van der Waals surface area (Å²) >= 11 is 0. The second kappa shape index (κ2) is 5.61. The van der Waals surface area contributed by atoms with E-state index in [1.54, 1.807) is 0 Å². The summed E-state index contributed by atoms with van der Waals surface area (Å²) in [6, 6.07) is 5.96. The number of β-amino-alcohol motifs (C(OH)–C–C–N with tert-alkyl or cyclic N) is 1. The molecule has 7 nitrogen and oxygen atoms in total. The minimum atomic E-state index is -3.86. The van der Waals surface area contributed by atoms with E-state index in [4.69, 9.17) is 15.1 Å². The van der Waals surface area contributed by atoms with Gasteiger partial charge in [0, 0.05) is 13.1 Å². The van der Waals surface area contributed by atoms with Crippen LogP contribution in [0.15, 0.2) is 23.1 Å². The van der Waals surface area contributed by atoms with Gasteiger partial charge in [-0.2, -0.15) is 9.57 Å². The lowest BCUT2D eigenvalue weighted by Gasteiger charge is -2.21. The van der Waals surface area contributed by atoms with Crippen molar-refractivity contribution in [3.05, 3.63) is 23.8 Å². The third-order valence-electron chi connectivity index (χ3n) is 3.50. The summed E-state index contributed by atoms with van der Waals surface area (Å²) in [7, 11) is -2.54. The van der Waals surface area contributed by atoms with E-state index >= 15 is 0 Å². The SMILES string of the molecule is COc1cc(C#N)ccc1S(=O)(=O)N1CCC(O)(CO)C1. The molecule has 0 aromatic heterocycles. The Balaban J connectivity index is 2.40. The fraction of sp³-hybridized carbons (Fsp3) is 0.462. The smallest absolute Gasteiger partial charge is 0.246 e. The molecular weight excluding hydrogens is 296 g/mol. The van der Waals surface area contributed by atoms with Crippen molar-refractivity contribution in [2.24, 2.45) is 0 Å². The summed E-state index contributed by atoms with van der Waals surface area (Å²) in [6.07, 6.45) is 0.168. The van der Waals surface area contributed by atoms with Gasteiger partial charge in [-0.3, -0.25) is 0 Å². The lowest BCUT2D eigenvalue weighted by Crippen LogP contribution is -2.38. The quantitative estimate of drug-likeness (QED) is 0.788. The Kier molecular flexibility index (Phi) is 4.20. The van der Waals surface area contributed by atoms with Gasteiger partial charge in [0.25, 0.3) is 0 Å². The molecule has 21 heavy (non-hydrogen) atoms. The van der Waals surface area contributed by atoms with Crippen molar-refractivity contribution >= 4 is 10.0 Å². The summed E-state index contributed by atoms with van der Waals surface area (Å²) in [5, 5.41) is 27.9. The highest BCUT2D eigenvalue weighted by Gasteiger charge is 2.42. The number of aliphatic hydroxyl groups excluding tert-OH is 1. The Morgan fingerprint density at radius 3 is 2.76 bits per heavy atom. The molecule has 8 heteroatoms. The molecule has 1 saturated heterocycles. The zero-order valence-electron chi connectivity index (χ0n) is 11.5. The molecule has 1 unspecified atom stereocenters. The second-order valence-electron chi connectivity index (χ2n) is 4.95. The number of nitrogens with zero attached hydrogens (tertiary/aromatic N) is 2. The average Bonchev–Trinajstić information content (AvgIpc) is 2.90. The molecule has 114 valence electrons. The minimum Gasteiger partial charge on any atom is -0.495 e. The van der Waals surface area contributed by atoms with Crippen LogP contribution in [0.3, 0.4) is 0 Å². The molecule has 0 saturated carbocycles. The topological polar surface area (TPSA) is 111 Å². The normalized spacial score (nSPS) is 23.0. The number of rotatable bonds is 4. The number of methoxy groups -OCH3 is 1. The van der Waals surface area contributed by atoms with Gasteiger partial charge in [0.05, 0.1) is 25.3 Å². The minimum absolute atomic E-state index is 0.0637. The first-order valence-corrected chi connectivity index (χ1v) is 7.72. The Hall–Kier alpha value is -1.66. The molecule has 0 aliphatic carbocycles. The molecule has 0 amide bonds. The summed E-state index contributed by atoms with van der Waals surface area (Å²) < 4.78 is 31.3. The maximum Gasteiger partial charge on any atom is 0.246 e. The van der Waals surface area contributed by atoms with Crippen LogP contribution in [-0.4, -0.2) is 55.3 Å². The standard InChI is InChI=1S/C13H16N2O5S/c1-20-11-6-10(7-14)2-3-12(11)21(18,19)15-5-4-13(17,8-15)9-16/h2-3,6,16-17H,4-5,8-9H2,1H3. The van der Waals surface area contributed by atoms with Crippen molar-refractivity contribution in [3.8, 4) is 11.8 Å². The van der Waals surface area contributed by atoms with E-state index in [2.05, 4.69) is 0 Å². The monoisotopic (exact) mass is 312 g/mol. The van der Waals surface area contributed by atoms with Gasteiger partial charge in [-0.15, -0.1) is 0 Å². The van der Waals surface area contributed by atoms with Gasteiger partial charge in [-0.1, -0.05) is 0 Å². The van der Waals surface area contributed by atoms with E-state index in [1.807, 2.05) is 6.07 Å². The summed E-state index contributed by atoms with van der Waals surface area (Å²) in [5.41, 5.74) is -1.12. The highest BCUT2D eigenvalue weighted by atomic mass is 32.2. The number of hydrogen-bond acceptors (Lipinski definition) is 6. The first kappa shape index (κ1) is 15.7. The Labute approximate surface area is 123 Å². The number of benzene rings is 1. The number of ether oxygens (including phenoxy) is 1. The van der Waals surface area contributed by atoms with Crippen molar-refractivity contribution < 1.29 is 23.4 Å². The molecule has 0 spiro atoms.